The van der Waals surface area contributed by atoms with Gasteiger partial charge < -0.3 is 9.64 Å². The van der Waals surface area contributed by atoms with Gasteiger partial charge in [-0.25, -0.2) is 13.3 Å². The van der Waals surface area contributed by atoms with Crippen LogP contribution in [0.5, 0.6) is 5.75 Å². The number of quaternary nitrogens is 1. The lowest BCUT2D eigenvalue weighted by atomic mass is 9.85. The summed E-state index contributed by atoms with van der Waals surface area (Å²) in [5, 5.41) is 0. The van der Waals surface area contributed by atoms with Crippen molar-refractivity contribution >= 4 is 21.8 Å². The van der Waals surface area contributed by atoms with Gasteiger partial charge in [-0.3, -0.25) is 9.59 Å². The van der Waals surface area contributed by atoms with Crippen molar-refractivity contribution in [3.63, 3.8) is 0 Å². The van der Waals surface area contributed by atoms with Crippen molar-refractivity contribution < 1.29 is 27.6 Å². The Hall–Kier alpha value is -2.23. The van der Waals surface area contributed by atoms with Crippen LogP contribution in [-0.4, -0.2) is 69.4 Å². The number of carbonyl (C=O) groups is 2. The summed E-state index contributed by atoms with van der Waals surface area (Å²) in [6.07, 6.45) is 5.22. The fourth-order valence-electron chi connectivity index (χ4n) is 4.35. The number of nitrogens with one attached hydrogen (secondary N) is 1. The highest BCUT2D eigenvalue weighted by Crippen LogP contribution is 2.34. The summed E-state index contributed by atoms with van der Waals surface area (Å²) in [5.41, 5.74) is 0. The van der Waals surface area contributed by atoms with Crippen molar-refractivity contribution in [2.45, 2.75) is 17.7 Å². The second kappa shape index (κ2) is 7.89. The molecular formula is C20H26N3O5S+. The Bertz CT molecular complexity index is 894. The molecule has 3 aliphatic rings. The van der Waals surface area contributed by atoms with Crippen molar-refractivity contribution in [3.8, 4) is 5.75 Å². The number of allylic oxidation sites excluding steroid dienone is 2. The number of fused-ring (bicyclic) bond motifs is 1. The number of sulfonamides is 1. The fourth-order valence-corrected chi connectivity index (χ4v) is 5.79. The lowest BCUT2D eigenvalue weighted by molar-refractivity contribution is -0.910. The number of likely N-dealkylation sites (tertiary alicyclic amines) is 1. The molecule has 156 valence electrons. The van der Waals surface area contributed by atoms with E-state index in [0.717, 1.165) is 4.90 Å². The van der Waals surface area contributed by atoms with Crippen molar-refractivity contribution in [1.82, 2.24) is 9.21 Å². The van der Waals surface area contributed by atoms with E-state index in [-0.39, 0.29) is 28.5 Å². The largest absolute Gasteiger partial charge is 0.497 e. The van der Waals surface area contributed by atoms with E-state index >= 15 is 0 Å². The Kier molecular flexibility index (Phi) is 5.46. The molecule has 0 bridgehead atoms. The molecule has 1 N–H and O–H groups in total. The first-order valence-electron chi connectivity index (χ1n) is 9.90. The summed E-state index contributed by atoms with van der Waals surface area (Å²) in [7, 11) is -2.03. The zero-order valence-corrected chi connectivity index (χ0v) is 17.2. The third kappa shape index (κ3) is 3.70. The van der Waals surface area contributed by atoms with Crippen LogP contribution in [0.3, 0.4) is 0 Å². The predicted molar refractivity (Wildman–Crippen MR) is 105 cm³/mol. The second-order valence-corrected chi connectivity index (χ2v) is 9.69. The van der Waals surface area contributed by atoms with Gasteiger partial charge in [-0.05, 0) is 37.1 Å². The number of carbonyl (C=O) groups excluding carboxylic acids is 2. The van der Waals surface area contributed by atoms with Gasteiger partial charge in [0.15, 0.2) is 6.67 Å². The van der Waals surface area contributed by atoms with Crippen molar-refractivity contribution in [3.05, 3.63) is 36.4 Å². The van der Waals surface area contributed by atoms with E-state index in [1.807, 2.05) is 12.2 Å². The highest BCUT2D eigenvalue weighted by molar-refractivity contribution is 7.89. The first-order chi connectivity index (χ1) is 13.9. The molecular weight excluding hydrogens is 394 g/mol. The number of piperazine rings is 1. The van der Waals surface area contributed by atoms with Gasteiger partial charge in [-0.2, -0.15) is 4.31 Å². The second-order valence-electron chi connectivity index (χ2n) is 7.75. The van der Waals surface area contributed by atoms with E-state index in [9.17, 15) is 18.0 Å². The van der Waals surface area contributed by atoms with Gasteiger partial charge in [-0.15, -0.1) is 0 Å². The summed E-state index contributed by atoms with van der Waals surface area (Å²) in [6.45, 7) is 2.14. The maximum Gasteiger partial charge on any atom is 0.243 e. The molecule has 2 saturated heterocycles. The number of hydrogen-bond donors (Lipinski definition) is 1. The van der Waals surface area contributed by atoms with E-state index in [4.69, 9.17) is 4.74 Å². The van der Waals surface area contributed by atoms with Gasteiger partial charge >= 0.3 is 0 Å². The molecule has 2 heterocycles. The monoisotopic (exact) mass is 420 g/mol. The Balaban J connectivity index is 1.37. The van der Waals surface area contributed by atoms with Crippen LogP contribution in [0.25, 0.3) is 0 Å². The summed E-state index contributed by atoms with van der Waals surface area (Å²) in [5.74, 6) is 0.0106. The van der Waals surface area contributed by atoms with Gasteiger partial charge in [0, 0.05) is 0 Å². The zero-order valence-electron chi connectivity index (χ0n) is 16.4. The maximum absolute atomic E-state index is 12.9. The quantitative estimate of drug-likeness (QED) is 0.512. The molecule has 1 aliphatic carbocycles. The van der Waals surface area contributed by atoms with Crippen LogP contribution in [-0.2, 0) is 19.6 Å². The van der Waals surface area contributed by atoms with Gasteiger partial charge in [0.25, 0.3) is 0 Å². The Morgan fingerprint density at radius 1 is 1.00 bits per heavy atom. The molecule has 0 aromatic heterocycles. The zero-order chi connectivity index (χ0) is 20.6. The van der Waals surface area contributed by atoms with Crippen molar-refractivity contribution in [2.75, 3.05) is 40.0 Å². The van der Waals surface area contributed by atoms with Crippen molar-refractivity contribution in [2.24, 2.45) is 11.8 Å². The van der Waals surface area contributed by atoms with Crippen LogP contribution in [0.2, 0.25) is 0 Å². The summed E-state index contributed by atoms with van der Waals surface area (Å²) in [4.78, 5) is 27.9. The van der Waals surface area contributed by atoms with E-state index in [2.05, 4.69) is 0 Å². The fraction of sp³-hybridized carbons (Fsp3) is 0.500. The number of amides is 2. The standard InChI is InChI=1S/C20H25N3O5S/c1-28-15-6-8-16(9-7-15)29(26,27)22-12-10-21(11-13-22)14-23-19(24)17-4-2-3-5-18(17)20(23)25/h2-3,6-9,17-18H,4-5,10-14H2,1H3/p+1/t17-,18+. The molecule has 2 amide bonds. The molecule has 2 atom stereocenters. The van der Waals surface area contributed by atoms with E-state index in [1.165, 1.54) is 16.3 Å². The molecule has 1 aromatic carbocycles. The number of hydrogen-bond acceptors (Lipinski definition) is 5. The van der Waals surface area contributed by atoms with Crippen LogP contribution in [0.1, 0.15) is 12.8 Å². The Morgan fingerprint density at radius 2 is 1.55 bits per heavy atom. The minimum absolute atomic E-state index is 0.0786. The average Bonchev–Trinajstić information content (AvgIpc) is 2.99. The van der Waals surface area contributed by atoms with E-state index in [1.54, 1.807) is 24.3 Å². The Labute approximate surface area is 170 Å². The summed E-state index contributed by atoms with van der Waals surface area (Å²) in [6, 6.07) is 6.36. The molecule has 0 spiro atoms. The molecule has 2 aliphatic heterocycles. The predicted octanol–water partition coefficient (Wildman–Crippen LogP) is -0.507. The summed E-state index contributed by atoms with van der Waals surface area (Å²) < 4.78 is 32.3. The van der Waals surface area contributed by atoms with E-state index < -0.39 is 10.0 Å². The van der Waals surface area contributed by atoms with Crippen molar-refractivity contribution in [1.29, 1.82) is 0 Å². The molecule has 2 fully saturated rings. The van der Waals surface area contributed by atoms with Crippen LogP contribution in [0, 0.1) is 11.8 Å². The Morgan fingerprint density at radius 3 is 2.07 bits per heavy atom. The van der Waals surface area contributed by atoms with Gasteiger partial charge in [0.05, 0.1) is 50.0 Å². The third-order valence-corrected chi connectivity index (χ3v) is 8.02. The minimum Gasteiger partial charge on any atom is -0.497 e. The van der Waals surface area contributed by atoms with Gasteiger partial charge in [0.2, 0.25) is 21.8 Å². The number of ether oxygens (including phenoxy) is 1. The molecule has 1 aromatic rings. The smallest absolute Gasteiger partial charge is 0.243 e. The molecule has 0 unspecified atom stereocenters. The van der Waals surface area contributed by atoms with Crippen LogP contribution >= 0.6 is 0 Å². The lowest BCUT2D eigenvalue weighted by Gasteiger charge is -2.33. The molecule has 8 nitrogen and oxygen atoms in total. The lowest BCUT2D eigenvalue weighted by Crippen LogP contribution is -3.16. The van der Waals surface area contributed by atoms with Crippen LogP contribution < -0.4 is 9.64 Å². The number of rotatable bonds is 5. The number of nitrogens with zero attached hydrogens (tertiary/aromatic N) is 2. The van der Waals surface area contributed by atoms with E-state index in [0.29, 0.717) is 51.4 Å². The molecule has 29 heavy (non-hydrogen) atoms. The average molecular weight is 421 g/mol. The minimum atomic E-state index is -3.57. The number of imide groups is 1. The SMILES string of the molecule is COc1ccc(S(=O)(=O)N2CC[NH+](CN3C(=O)[C@H]4CC=CC[C@H]4C3=O)CC2)cc1. The highest BCUT2D eigenvalue weighted by Gasteiger charge is 2.48. The van der Waals surface area contributed by atoms with Gasteiger partial charge in [0.1, 0.15) is 5.75 Å². The normalized spacial score (nSPS) is 26.0. The first kappa shape index (κ1) is 20.1. The topological polar surface area (TPSA) is 88.4 Å². The van der Waals surface area contributed by atoms with Crippen LogP contribution in [0.15, 0.2) is 41.3 Å². The maximum atomic E-state index is 12.9. The van der Waals surface area contributed by atoms with Crippen LogP contribution in [0.4, 0.5) is 0 Å². The molecule has 0 radical (unpaired) electrons. The molecule has 4 rings (SSSR count). The molecule has 0 saturated carbocycles. The summed E-state index contributed by atoms with van der Waals surface area (Å²) >= 11 is 0. The first-order valence-corrected chi connectivity index (χ1v) is 11.3. The number of benzene rings is 1. The third-order valence-electron chi connectivity index (χ3n) is 6.11. The van der Waals surface area contributed by atoms with Gasteiger partial charge in [-0.1, -0.05) is 12.2 Å². The highest BCUT2D eigenvalue weighted by atomic mass is 32.2. The molecule has 9 heteroatoms. The number of methoxy groups -OCH3 is 1.